The van der Waals surface area contributed by atoms with Gasteiger partial charge in [-0.25, -0.2) is 0 Å². The van der Waals surface area contributed by atoms with Gasteiger partial charge in [0.15, 0.2) is 11.5 Å². The lowest BCUT2D eigenvalue weighted by Crippen LogP contribution is -2.05. The van der Waals surface area contributed by atoms with Gasteiger partial charge in [-0.15, -0.1) is 0 Å². The molecule has 26 heavy (non-hydrogen) atoms. The Kier molecular flexibility index (Phi) is 7.64. The molecular formula is C20H23NO5. The third-order valence-electron chi connectivity index (χ3n) is 3.67. The number of esters is 1. The number of aliphatic hydroxyl groups is 1. The van der Waals surface area contributed by atoms with E-state index < -0.39 is 6.10 Å². The molecule has 2 rings (SSSR count). The summed E-state index contributed by atoms with van der Waals surface area (Å²) in [5.41, 5.74) is 1.43. The first kappa shape index (κ1) is 19.5. The summed E-state index contributed by atoms with van der Waals surface area (Å²) in [6.07, 6.45) is 5.05. The van der Waals surface area contributed by atoms with E-state index in [1.807, 2.05) is 30.3 Å². The molecule has 0 saturated heterocycles. The van der Waals surface area contributed by atoms with Crippen LogP contribution in [0.4, 0.5) is 0 Å². The smallest absolute Gasteiger partial charge is 0.305 e. The van der Waals surface area contributed by atoms with Gasteiger partial charge in [0.2, 0.25) is 0 Å². The fourth-order valence-electron chi connectivity index (χ4n) is 2.25. The third-order valence-corrected chi connectivity index (χ3v) is 3.67. The SMILES string of the molecule is COC(=O)CCCOc1cc(C=CC(O)c2ccccc2)ncc1OC. The summed E-state index contributed by atoms with van der Waals surface area (Å²) in [7, 11) is 2.89. The molecule has 0 fully saturated rings. The topological polar surface area (TPSA) is 77.9 Å². The van der Waals surface area contributed by atoms with Crippen LogP contribution in [0.15, 0.2) is 48.7 Å². The van der Waals surface area contributed by atoms with Crippen LogP contribution in [0.3, 0.4) is 0 Å². The van der Waals surface area contributed by atoms with E-state index in [0.29, 0.717) is 36.6 Å². The summed E-state index contributed by atoms with van der Waals surface area (Å²) in [6.45, 7) is 0.352. The van der Waals surface area contributed by atoms with Gasteiger partial charge in [-0.1, -0.05) is 30.3 Å². The summed E-state index contributed by atoms with van der Waals surface area (Å²) in [6, 6.07) is 11.1. The molecule has 2 aromatic rings. The first-order chi connectivity index (χ1) is 12.6. The molecule has 0 bridgehead atoms. The van der Waals surface area contributed by atoms with Crippen molar-refractivity contribution in [3.63, 3.8) is 0 Å². The van der Waals surface area contributed by atoms with Crippen LogP contribution in [0, 0.1) is 0 Å². The van der Waals surface area contributed by atoms with Crippen molar-refractivity contribution in [3.05, 3.63) is 59.9 Å². The van der Waals surface area contributed by atoms with Crippen LogP contribution in [0.1, 0.15) is 30.2 Å². The molecule has 6 nitrogen and oxygen atoms in total. The highest BCUT2D eigenvalue weighted by Gasteiger charge is 2.08. The van der Waals surface area contributed by atoms with Gasteiger partial charge in [0.25, 0.3) is 0 Å². The van der Waals surface area contributed by atoms with Crippen LogP contribution < -0.4 is 9.47 Å². The first-order valence-electron chi connectivity index (χ1n) is 8.29. The van der Waals surface area contributed by atoms with Crippen LogP contribution in [0.5, 0.6) is 11.5 Å². The highest BCUT2D eigenvalue weighted by Crippen LogP contribution is 2.27. The molecule has 138 valence electrons. The highest BCUT2D eigenvalue weighted by atomic mass is 16.5. The Labute approximate surface area is 153 Å². The maximum Gasteiger partial charge on any atom is 0.305 e. The van der Waals surface area contributed by atoms with Crippen molar-refractivity contribution in [2.24, 2.45) is 0 Å². The average Bonchev–Trinajstić information content (AvgIpc) is 2.69. The van der Waals surface area contributed by atoms with E-state index >= 15 is 0 Å². The largest absolute Gasteiger partial charge is 0.491 e. The number of carbonyl (C=O) groups excluding carboxylic acids is 1. The van der Waals surface area contributed by atoms with Gasteiger partial charge < -0.3 is 19.3 Å². The number of carbonyl (C=O) groups is 1. The van der Waals surface area contributed by atoms with E-state index in [1.54, 1.807) is 24.4 Å². The Morgan fingerprint density at radius 1 is 1.23 bits per heavy atom. The van der Waals surface area contributed by atoms with Gasteiger partial charge in [0.05, 0.1) is 38.8 Å². The molecule has 6 heteroatoms. The fraction of sp³-hybridized carbons (Fsp3) is 0.300. The minimum atomic E-state index is -0.718. The molecule has 0 radical (unpaired) electrons. The Hall–Kier alpha value is -2.86. The fourth-order valence-corrected chi connectivity index (χ4v) is 2.25. The lowest BCUT2D eigenvalue weighted by molar-refractivity contribution is -0.140. The van der Waals surface area contributed by atoms with Crippen molar-refractivity contribution in [3.8, 4) is 11.5 Å². The van der Waals surface area contributed by atoms with Gasteiger partial charge in [-0.05, 0) is 24.1 Å². The van der Waals surface area contributed by atoms with Crippen molar-refractivity contribution in [1.82, 2.24) is 4.98 Å². The monoisotopic (exact) mass is 357 g/mol. The quantitative estimate of drug-likeness (QED) is 0.549. The standard InChI is InChI=1S/C20H23NO5/c1-24-19-14-21-16(10-11-17(22)15-7-4-3-5-8-15)13-18(19)26-12-6-9-20(23)25-2/h3-5,7-8,10-11,13-14,17,22H,6,9,12H2,1-2H3. The van der Waals surface area contributed by atoms with Crippen molar-refractivity contribution in [2.45, 2.75) is 18.9 Å². The summed E-state index contributed by atoms with van der Waals surface area (Å²) < 4.78 is 15.5. The second kappa shape index (κ2) is 10.2. The maximum absolute atomic E-state index is 11.1. The van der Waals surface area contributed by atoms with Crippen LogP contribution in [-0.2, 0) is 9.53 Å². The van der Waals surface area contributed by atoms with Crippen LogP contribution in [0.2, 0.25) is 0 Å². The molecule has 0 amide bonds. The number of aromatic nitrogens is 1. The molecule has 1 atom stereocenters. The molecule has 0 aliphatic heterocycles. The molecule has 0 spiro atoms. The minimum Gasteiger partial charge on any atom is -0.491 e. The van der Waals surface area contributed by atoms with Gasteiger partial charge in [0, 0.05) is 12.5 Å². The van der Waals surface area contributed by atoms with Crippen LogP contribution in [0.25, 0.3) is 6.08 Å². The predicted octanol–water partition coefficient (Wildman–Crippen LogP) is 3.17. The molecule has 0 aliphatic rings. The normalized spacial score (nSPS) is 12.0. The number of benzene rings is 1. The van der Waals surface area contributed by atoms with E-state index in [1.165, 1.54) is 14.2 Å². The predicted molar refractivity (Wildman–Crippen MR) is 98.0 cm³/mol. The lowest BCUT2D eigenvalue weighted by atomic mass is 10.1. The third kappa shape index (κ3) is 5.89. The lowest BCUT2D eigenvalue weighted by Gasteiger charge is -2.11. The molecule has 1 aromatic carbocycles. The molecular weight excluding hydrogens is 334 g/mol. The number of nitrogens with zero attached hydrogens (tertiary/aromatic N) is 1. The number of hydrogen-bond acceptors (Lipinski definition) is 6. The van der Waals surface area contributed by atoms with Gasteiger partial charge >= 0.3 is 5.97 Å². The van der Waals surface area contributed by atoms with E-state index in [9.17, 15) is 9.90 Å². The maximum atomic E-state index is 11.1. The summed E-state index contributed by atoms with van der Waals surface area (Å²) in [4.78, 5) is 15.4. The zero-order valence-corrected chi connectivity index (χ0v) is 14.9. The van der Waals surface area contributed by atoms with Crippen LogP contribution >= 0.6 is 0 Å². The summed E-state index contributed by atoms with van der Waals surface area (Å²) in [5, 5.41) is 10.2. The number of rotatable bonds is 9. The number of ether oxygens (including phenoxy) is 3. The van der Waals surface area contributed by atoms with Gasteiger partial charge in [0.1, 0.15) is 0 Å². The van der Waals surface area contributed by atoms with E-state index in [0.717, 1.165) is 5.56 Å². The average molecular weight is 357 g/mol. The van der Waals surface area contributed by atoms with Gasteiger partial charge in [-0.3, -0.25) is 9.78 Å². The minimum absolute atomic E-state index is 0.270. The van der Waals surface area contributed by atoms with E-state index in [-0.39, 0.29) is 5.97 Å². The number of aliphatic hydroxyl groups excluding tert-OH is 1. The van der Waals surface area contributed by atoms with Crippen molar-refractivity contribution < 1.29 is 24.1 Å². The molecule has 0 saturated carbocycles. The first-order valence-corrected chi connectivity index (χ1v) is 8.29. The Morgan fingerprint density at radius 3 is 2.69 bits per heavy atom. The second-order valence-corrected chi connectivity index (χ2v) is 5.50. The van der Waals surface area contributed by atoms with Crippen molar-refractivity contribution in [1.29, 1.82) is 0 Å². The molecule has 1 aromatic heterocycles. The Morgan fingerprint density at radius 2 is 2.00 bits per heavy atom. The zero-order chi connectivity index (χ0) is 18.8. The van der Waals surface area contributed by atoms with E-state index in [4.69, 9.17) is 9.47 Å². The van der Waals surface area contributed by atoms with Crippen LogP contribution in [-0.4, -0.2) is 36.9 Å². The van der Waals surface area contributed by atoms with Gasteiger partial charge in [-0.2, -0.15) is 0 Å². The number of hydrogen-bond donors (Lipinski definition) is 1. The Balaban J connectivity index is 2.01. The number of pyridine rings is 1. The molecule has 1 heterocycles. The summed E-state index contributed by atoms with van der Waals surface area (Å²) >= 11 is 0. The summed E-state index contributed by atoms with van der Waals surface area (Å²) in [5.74, 6) is 0.763. The molecule has 0 aliphatic carbocycles. The molecule has 1 unspecified atom stereocenters. The zero-order valence-electron chi connectivity index (χ0n) is 14.9. The van der Waals surface area contributed by atoms with Crippen molar-refractivity contribution >= 4 is 12.0 Å². The van der Waals surface area contributed by atoms with E-state index in [2.05, 4.69) is 9.72 Å². The number of methoxy groups -OCH3 is 2. The van der Waals surface area contributed by atoms with Crippen molar-refractivity contribution in [2.75, 3.05) is 20.8 Å². The highest BCUT2D eigenvalue weighted by molar-refractivity contribution is 5.69. The second-order valence-electron chi connectivity index (χ2n) is 5.50. The Bertz CT molecular complexity index is 730. The molecule has 1 N–H and O–H groups in total.